The Balaban J connectivity index is 2.56. The van der Waals surface area contributed by atoms with Gasteiger partial charge in [-0.15, -0.1) is 0 Å². The van der Waals surface area contributed by atoms with Crippen molar-refractivity contribution in [2.45, 2.75) is 97.8 Å². The Hall–Kier alpha value is -1.84. The molecule has 1 aromatic rings. The first kappa shape index (κ1) is 24.2. The molecular formula is C24H38O4. The molecule has 0 aliphatic rings. The lowest BCUT2D eigenvalue weighted by Gasteiger charge is -2.16. The van der Waals surface area contributed by atoms with Gasteiger partial charge in [0.2, 0.25) is 0 Å². The van der Waals surface area contributed by atoms with Crippen LogP contribution < -0.4 is 9.47 Å². The second kappa shape index (κ2) is 15.1. The number of carbonyl (C=O) groups is 2. The van der Waals surface area contributed by atoms with Crippen LogP contribution in [-0.2, 0) is 9.59 Å². The Morgan fingerprint density at radius 2 is 1.36 bits per heavy atom. The second-order valence-electron chi connectivity index (χ2n) is 7.49. The van der Waals surface area contributed by atoms with E-state index >= 15 is 0 Å². The first-order valence-corrected chi connectivity index (χ1v) is 11.1. The summed E-state index contributed by atoms with van der Waals surface area (Å²) in [6, 6.07) is 6.94. The number of ether oxygens (including phenoxy) is 2. The van der Waals surface area contributed by atoms with Crippen molar-refractivity contribution in [3.05, 3.63) is 24.3 Å². The molecule has 0 aliphatic heterocycles. The van der Waals surface area contributed by atoms with E-state index in [2.05, 4.69) is 20.8 Å². The zero-order valence-electron chi connectivity index (χ0n) is 18.0. The summed E-state index contributed by atoms with van der Waals surface area (Å²) in [5, 5.41) is 0. The summed E-state index contributed by atoms with van der Waals surface area (Å²) in [6.07, 6.45) is 11.8. The number of carbonyl (C=O) groups excluding carboxylic acids is 2. The first-order valence-electron chi connectivity index (χ1n) is 11.1. The van der Waals surface area contributed by atoms with E-state index in [9.17, 15) is 9.59 Å². The van der Waals surface area contributed by atoms with Gasteiger partial charge in [-0.2, -0.15) is 0 Å². The summed E-state index contributed by atoms with van der Waals surface area (Å²) >= 11 is 0. The zero-order chi connectivity index (χ0) is 20.6. The van der Waals surface area contributed by atoms with Crippen molar-refractivity contribution < 1.29 is 19.1 Å². The summed E-state index contributed by atoms with van der Waals surface area (Å²) < 4.78 is 11.1. The second-order valence-corrected chi connectivity index (χ2v) is 7.49. The third kappa shape index (κ3) is 9.91. The number of hydrogen-bond acceptors (Lipinski definition) is 4. The molecule has 0 aliphatic carbocycles. The van der Waals surface area contributed by atoms with Crippen LogP contribution in [0.1, 0.15) is 97.8 Å². The van der Waals surface area contributed by atoms with Crippen LogP contribution in [0.3, 0.4) is 0 Å². The Morgan fingerprint density at radius 3 is 2.00 bits per heavy atom. The maximum absolute atomic E-state index is 12.6. The molecule has 0 aromatic heterocycles. The maximum Gasteiger partial charge on any atom is 0.314 e. The molecule has 1 aromatic carbocycles. The third-order valence-corrected chi connectivity index (χ3v) is 4.89. The highest BCUT2D eigenvalue weighted by atomic mass is 16.6. The van der Waals surface area contributed by atoms with Crippen LogP contribution in [0.5, 0.6) is 11.5 Å². The molecule has 0 bridgehead atoms. The van der Waals surface area contributed by atoms with Gasteiger partial charge in [0.25, 0.3) is 0 Å². The van der Waals surface area contributed by atoms with Gasteiger partial charge < -0.3 is 9.47 Å². The van der Waals surface area contributed by atoms with Gasteiger partial charge >= 0.3 is 11.9 Å². The molecule has 4 nitrogen and oxygen atoms in total. The molecule has 0 fully saturated rings. The average Bonchev–Trinajstić information content (AvgIpc) is 2.69. The lowest BCUT2D eigenvalue weighted by atomic mass is 9.97. The molecular weight excluding hydrogens is 352 g/mol. The van der Waals surface area contributed by atoms with Crippen molar-refractivity contribution in [1.29, 1.82) is 0 Å². The summed E-state index contributed by atoms with van der Waals surface area (Å²) in [7, 11) is 0. The van der Waals surface area contributed by atoms with Gasteiger partial charge in [0.15, 0.2) is 11.5 Å². The van der Waals surface area contributed by atoms with Crippen LogP contribution in [0.15, 0.2) is 24.3 Å². The van der Waals surface area contributed by atoms with E-state index < -0.39 is 0 Å². The van der Waals surface area contributed by atoms with E-state index in [1.165, 1.54) is 19.3 Å². The Morgan fingerprint density at radius 1 is 0.750 bits per heavy atom. The van der Waals surface area contributed by atoms with Gasteiger partial charge in [0, 0.05) is 6.42 Å². The van der Waals surface area contributed by atoms with E-state index in [0.717, 1.165) is 51.4 Å². The highest BCUT2D eigenvalue weighted by Crippen LogP contribution is 2.29. The molecule has 1 unspecified atom stereocenters. The lowest BCUT2D eigenvalue weighted by molar-refractivity contribution is -0.140. The summed E-state index contributed by atoms with van der Waals surface area (Å²) in [5.74, 6) is 0.0700. The molecule has 0 heterocycles. The van der Waals surface area contributed by atoms with Gasteiger partial charge in [-0.3, -0.25) is 9.59 Å². The topological polar surface area (TPSA) is 52.6 Å². The maximum atomic E-state index is 12.6. The van der Waals surface area contributed by atoms with Crippen molar-refractivity contribution in [1.82, 2.24) is 0 Å². The first-order chi connectivity index (χ1) is 13.6. The molecule has 1 atom stereocenters. The van der Waals surface area contributed by atoms with E-state index in [4.69, 9.17) is 9.47 Å². The van der Waals surface area contributed by atoms with Crippen LogP contribution in [-0.4, -0.2) is 11.9 Å². The minimum Gasteiger partial charge on any atom is -0.423 e. The average molecular weight is 391 g/mol. The Bertz CT molecular complexity index is 567. The van der Waals surface area contributed by atoms with E-state index in [-0.39, 0.29) is 17.9 Å². The van der Waals surface area contributed by atoms with Crippen molar-refractivity contribution in [2.24, 2.45) is 5.92 Å². The van der Waals surface area contributed by atoms with Crippen LogP contribution in [0.4, 0.5) is 0 Å². The smallest absolute Gasteiger partial charge is 0.314 e. The Labute approximate surface area is 171 Å². The number of unbranched alkanes of at least 4 members (excludes halogenated alkanes) is 6. The van der Waals surface area contributed by atoms with Crippen molar-refractivity contribution >= 4 is 11.9 Å². The molecule has 4 heteroatoms. The fourth-order valence-corrected chi connectivity index (χ4v) is 3.21. The monoisotopic (exact) mass is 390 g/mol. The summed E-state index contributed by atoms with van der Waals surface area (Å²) in [5.41, 5.74) is 0. The standard InChI is InChI=1S/C24H38O4/c1-4-7-9-10-11-12-19-23(25)27-21-17-13-14-18-22(21)28-24(26)20(15-6-3)16-8-5-2/h13-14,17-18,20H,4-12,15-16,19H2,1-3H3. The van der Waals surface area contributed by atoms with Gasteiger partial charge in [-0.05, 0) is 31.4 Å². The van der Waals surface area contributed by atoms with Gasteiger partial charge in [-0.1, -0.05) is 84.3 Å². The fraction of sp³-hybridized carbons (Fsp3) is 0.667. The number of esters is 2. The van der Waals surface area contributed by atoms with Crippen molar-refractivity contribution in [3.8, 4) is 11.5 Å². The van der Waals surface area contributed by atoms with Crippen LogP contribution in [0.2, 0.25) is 0 Å². The lowest BCUT2D eigenvalue weighted by Crippen LogP contribution is -2.21. The van der Waals surface area contributed by atoms with Gasteiger partial charge in [0.05, 0.1) is 5.92 Å². The number of hydrogen-bond donors (Lipinski definition) is 0. The van der Waals surface area contributed by atoms with Gasteiger partial charge in [-0.25, -0.2) is 0 Å². The summed E-state index contributed by atoms with van der Waals surface area (Å²) in [6.45, 7) is 6.38. The minimum absolute atomic E-state index is 0.100. The molecule has 1 rings (SSSR count). The fourth-order valence-electron chi connectivity index (χ4n) is 3.21. The SMILES string of the molecule is CCCCCCCCC(=O)Oc1ccccc1OC(=O)C(CCC)CCCC. The summed E-state index contributed by atoms with van der Waals surface area (Å²) in [4.78, 5) is 24.7. The van der Waals surface area contributed by atoms with E-state index in [0.29, 0.717) is 17.9 Å². The van der Waals surface area contributed by atoms with E-state index in [1.807, 2.05) is 0 Å². The highest BCUT2D eigenvalue weighted by Gasteiger charge is 2.21. The number of rotatable bonds is 15. The normalized spacial score (nSPS) is 11.8. The van der Waals surface area contributed by atoms with Crippen LogP contribution in [0, 0.1) is 5.92 Å². The van der Waals surface area contributed by atoms with Crippen molar-refractivity contribution in [2.75, 3.05) is 0 Å². The third-order valence-electron chi connectivity index (χ3n) is 4.89. The molecule has 0 spiro atoms. The number of benzene rings is 1. The van der Waals surface area contributed by atoms with Crippen LogP contribution >= 0.6 is 0 Å². The number of para-hydroxylation sites is 2. The Kier molecular flexibility index (Phi) is 13.1. The van der Waals surface area contributed by atoms with Crippen LogP contribution in [0.25, 0.3) is 0 Å². The molecule has 0 radical (unpaired) electrons. The molecule has 158 valence electrons. The van der Waals surface area contributed by atoms with Crippen molar-refractivity contribution in [3.63, 3.8) is 0 Å². The molecule has 0 N–H and O–H groups in total. The van der Waals surface area contributed by atoms with E-state index in [1.54, 1.807) is 24.3 Å². The van der Waals surface area contributed by atoms with Gasteiger partial charge in [0.1, 0.15) is 0 Å². The highest BCUT2D eigenvalue weighted by molar-refractivity contribution is 5.77. The molecule has 28 heavy (non-hydrogen) atoms. The predicted molar refractivity (Wildman–Crippen MR) is 114 cm³/mol. The molecule has 0 amide bonds. The largest absolute Gasteiger partial charge is 0.423 e. The molecule has 0 saturated heterocycles. The molecule has 0 saturated carbocycles. The predicted octanol–water partition coefficient (Wildman–Crippen LogP) is 6.85. The quantitative estimate of drug-likeness (QED) is 0.187. The zero-order valence-corrected chi connectivity index (χ0v) is 18.0. The minimum atomic E-state index is -0.268.